The zero-order valence-electron chi connectivity index (χ0n) is 40.4. The van der Waals surface area contributed by atoms with Gasteiger partial charge in [-0.05, 0) is 44.9 Å². The second-order valence-electron chi connectivity index (χ2n) is 18.1. The van der Waals surface area contributed by atoms with E-state index >= 15 is 0 Å². The number of aliphatic hydroxyl groups is 7. The van der Waals surface area contributed by atoms with Crippen molar-refractivity contribution < 1.29 is 73.8 Å². The predicted molar refractivity (Wildman–Crippen MR) is 252 cm³/mol. The average Bonchev–Trinajstić information content (AvgIpc) is 3.31. The molecule has 0 bridgehead atoms. The standard InChI is InChI=1S/C51H90O15/c1-3-5-7-9-11-13-15-17-19-21-23-25-27-29-31-33-42(53)61-36-39(64-43(54)34-32-30-28-26-24-22-20-18-16-14-12-10-8-6-4-2)37-62-50-49(60)47(58)45(56)41(66-50)38-63-51-48(59)46(57)44(55)40(35-52)65-51/h17,19,28,30,32,34,39-41,44-52,55-60H,3-16,18,20-27,29,31,33,35-38H2,1-2H3/b19-17+,30-28+,34-32+/t39-,40-,41-,44+,45+,46?,47?,48?,49?,50-,51-/m1/s1. The van der Waals surface area contributed by atoms with Crippen molar-refractivity contribution in [3.05, 3.63) is 36.5 Å². The normalized spacial score (nSPS) is 26.4. The maximum atomic E-state index is 12.9. The number of hydrogen-bond donors (Lipinski definition) is 7. The first-order chi connectivity index (χ1) is 32.0. The number of carbonyl (C=O) groups excluding carboxylic acids is 2. The van der Waals surface area contributed by atoms with E-state index in [2.05, 4.69) is 26.0 Å². The van der Waals surface area contributed by atoms with E-state index in [1.165, 1.54) is 102 Å². The molecule has 2 fully saturated rings. The fraction of sp³-hybridized carbons (Fsp3) is 0.843. The molecule has 0 aromatic rings. The van der Waals surface area contributed by atoms with Crippen molar-refractivity contribution in [1.82, 2.24) is 0 Å². The predicted octanol–water partition coefficient (Wildman–Crippen LogP) is 6.93. The molecule has 7 N–H and O–H groups in total. The van der Waals surface area contributed by atoms with Crippen molar-refractivity contribution in [2.45, 2.75) is 248 Å². The summed E-state index contributed by atoms with van der Waals surface area (Å²) in [5.41, 5.74) is 0. The van der Waals surface area contributed by atoms with E-state index in [9.17, 15) is 45.3 Å². The van der Waals surface area contributed by atoms with E-state index in [4.69, 9.17) is 28.4 Å². The van der Waals surface area contributed by atoms with Crippen LogP contribution in [0.5, 0.6) is 0 Å². The van der Waals surface area contributed by atoms with Crippen LogP contribution in [0.15, 0.2) is 36.5 Å². The third-order valence-electron chi connectivity index (χ3n) is 12.2. The average molecular weight is 943 g/mol. The second kappa shape index (κ2) is 38.6. The highest BCUT2D eigenvalue weighted by Crippen LogP contribution is 2.26. The third-order valence-corrected chi connectivity index (χ3v) is 12.2. The van der Waals surface area contributed by atoms with Crippen LogP contribution in [0, 0.1) is 0 Å². The lowest BCUT2D eigenvalue weighted by molar-refractivity contribution is -0.332. The molecule has 0 aromatic carbocycles. The molecule has 0 amide bonds. The monoisotopic (exact) mass is 943 g/mol. The van der Waals surface area contributed by atoms with Crippen LogP contribution in [-0.4, -0.2) is 142 Å². The molecule has 2 saturated heterocycles. The Morgan fingerprint density at radius 1 is 0.515 bits per heavy atom. The van der Waals surface area contributed by atoms with Crippen LogP contribution in [-0.2, 0) is 38.0 Å². The van der Waals surface area contributed by atoms with Gasteiger partial charge in [0.2, 0.25) is 0 Å². The molecule has 2 aliphatic heterocycles. The van der Waals surface area contributed by atoms with Crippen LogP contribution in [0.3, 0.4) is 0 Å². The van der Waals surface area contributed by atoms with Crippen LogP contribution < -0.4 is 0 Å². The number of hydrogen-bond acceptors (Lipinski definition) is 15. The number of aliphatic hydroxyl groups excluding tert-OH is 7. The molecule has 0 aromatic heterocycles. The highest BCUT2D eigenvalue weighted by atomic mass is 16.7. The number of rotatable bonds is 39. The third kappa shape index (κ3) is 26.5. The van der Waals surface area contributed by atoms with E-state index in [0.717, 1.165) is 57.8 Å². The van der Waals surface area contributed by atoms with Crippen LogP contribution in [0.25, 0.3) is 0 Å². The number of carbonyl (C=O) groups is 2. The molecule has 0 spiro atoms. The Bertz CT molecular complexity index is 1290. The molecule has 11 atom stereocenters. The van der Waals surface area contributed by atoms with Gasteiger partial charge in [0.25, 0.3) is 0 Å². The summed E-state index contributed by atoms with van der Waals surface area (Å²) < 4.78 is 33.3. The first-order valence-electron chi connectivity index (χ1n) is 25.6. The summed E-state index contributed by atoms with van der Waals surface area (Å²) in [5, 5.41) is 72.0. The van der Waals surface area contributed by atoms with Gasteiger partial charge < -0.3 is 64.2 Å². The lowest BCUT2D eigenvalue weighted by Gasteiger charge is -2.42. The lowest BCUT2D eigenvalue weighted by atomic mass is 9.98. The molecule has 2 aliphatic rings. The Kier molecular flexibility index (Phi) is 35.0. The largest absolute Gasteiger partial charge is 0.462 e. The molecule has 15 nitrogen and oxygen atoms in total. The molecular weight excluding hydrogens is 853 g/mol. The first-order valence-corrected chi connectivity index (χ1v) is 25.6. The maximum absolute atomic E-state index is 12.9. The second-order valence-corrected chi connectivity index (χ2v) is 18.1. The zero-order valence-corrected chi connectivity index (χ0v) is 40.4. The van der Waals surface area contributed by atoms with Crippen LogP contribution >= 0.6 is 0 Å². The highest BCUT2D eigenvalue weighted by molar-refractivity contribution is 5.82. The maximum Gasteiger partial charge on any atom is 0.331 e. The van der Waals surface area contributed by atoms with Crippen molar-refractivity contribution in [1.29, 1.82) is 0 Å². The molecule has 15 heteroatoms. The Labute approximate surface area is 395 Å². The van der Waals surface area contributed by atoms with E-state index < -0.39 is 99.3 Å². The van der Waals surface area contributed by atoms with Gasteiger partial charge in [-0.2, -0.15) is 0 Å². The topological polar surface area (TPSA) is 231 Å². The van der Waals surface area contributed by atoms with Gasteiger partial charge in [-0.1, -0.05) is 160 Å². The van der Waals surface area contributed by atoms with Crippen LogP contribution in [0.4, 0.5) is 0 Å². The van der Waals surface area contributed by atoms with E-state index in [1.54, 1.807) is 12.2 Å². The quantitative estimate of drug-likeness (QED) is 0.0109. The number of esters is 2. The summed E-state index contributed by atoms with van der Waals surface area (Å²) in [6.07, 6.45) is 23.8. The molecule has 0 radical (unpaired) electrons. The van der Waals surface area contributed by atoms with Gasteiger partial charge in [0.1, 0.15) is 55.4 Å². The van der Waals surface area contributed by atoms with Crippen LogP contribution in [0.2, 0.25) is 0 Å². The zero-order chi connectivity index (χ0) is 48.2. The van der Waals surface area contributed by atoms with Crippen molar-refractivity contribution in [3.63, 3.8) is 0 Å². The number of allylic oxidation sites excluding steroid dienone is 5. The van der Waals surface area contributed by atoms with Gasteiger partial charge in [-0.3, -0.25) is 4.79 Å². The Hall–Kier alpha value is -2.28. The fourth-order valence-corrected chi connectivity index (χ4v) is 7.94. The van der Waals surface area contributed by atoms with E-state index in [1.807, 2.05) is 6.08 Å². The summed E-state index contributed by atoms with van der Waals surface area (Å²) in [6.45, 7) is 2.46. The summed E-state index contributed by atoms with van der Waals surface area (Å²) in [6, 6.07) is 0. The van der Waals surface area contributed by atoms with E-state index in [-0.39, 0.29) is 13.0 Å². The molecule has 0 aliphatic carbocycles. The lowest BCUT2D eigenvalue weighted by Crippen LogP contribution is -2.61. The molecular formula is C51H90O15. The molecule has 384 valence electrons. The van der Waals surface area contributed by atoms with Gasteiger partial charge in [-0.15, -0.1) is 0 Å². The minimum absolute atomic E-state index is 0.189. The molecule has 0 saturated carbocycles. The van der Waals surface area contributed by atoms with E-state index in [0.29, 0.717) is 6.42 Å². The summed E-state index contributed by atoms with van der Waals surface area (Å²) in [4.78, 5) is 25.6. The highest BCUT2D eigenvalue weighted by Gasteiger charge is 2.47. The van der Waals surface area contributed by atoms with Gasteiger partial charge >= 0.3 is 11.9 Å². The molecule has 2 rings (SSSR count). The Balaban J connectivity index is 1.85. The number of ether oxygens (including phenoxy) is 6. The Morgan fingerprint density at radius 3 is 1.50 bits per heavy atom. The summed E-state index contributed by atoms with van der Waals surface area (Å²) in [7, 11) is 0. The Morgan fingerprint density at radius 2 is 0.970 bits per heavy atom. The van der Waals surface area contributed by atoms with Crippen molar-refractivity contribution in [2.24, 2.45) is 0 Å². The SMILES string of the molecule is CCCCCCCC/C=C/CCCCCCCC(=O)OC[C@H](CO[C@@H]1O[C@H](CO[C@@H]2O[C@H](CO)[C@H](O)C(O)C2O)[C@H](O)C(O)C1O)OC(=O)/C=C/C=C/CCCCCCCCCCCCC. The van der Waals surface area contributed by atoms with Crippen LogP contribution in [0.1, 0.15) is 181 Å². The first kappa shape index (κ1) is 59.8. The van der Waals surface area contributed by atoms with Gasteiger partial charge in [0.15, 0.2) is 18.7 Å². The molecule has 2 heterocycles. The number of unbranched alkanes of at least 4 members (excludes halogenated alkanes) is 22. The molecule has 4 unspecified atom stereocenters. The fourth-order valence-electron chi connectivity index (χ4n) is 7.94. The van der Waals surface area contributed by atoms with Gasteiger partial charge in [-0.25, -0.2) is 4.79 Å². The minimum atomic E-state index is -1.78. The van der Waals surface area contributed by atoms with Crippen molar-refractivity contribution in [2.75, 3.05) is 26.4 Å². The van der Waals surface area contributed by atoms with Crippen molar-refractivity contribution >= 4 is 11.9 Å². The molecule has 66 heavy (non-hydrogen) atoms. The van der Waals surface area contributed by atoms with Gasteiger partial charge in [0.05, 0.1) is 19.8 Å². The smallest absolute Gasteiger partial charge is 0.331 e. The summed E-state index contributed by atoms with van der Waals surface area (Å²) >= 11 is 0. The van der Waals surface area contributed by atoms with Gasteiger partial charge in [0, 0.05) is 12.5 Å². The summed E-state index contributed by atoms with van der Waals surface area (Å²) in [5.74, 6) is -1.19. The minimum Gasteiger partial charge on any atom is -0.462 e. The van der Waals surface area contributed by atoms with Crippen molar-refractivity contribution in [3.8, 4) is 0 Å².